The molecule has 3 aromatic carbocycles. The smallest absolute Gasteiger partial charge is 0.367 e. The molecular formula is C26H21F3N4O3S2. The third kappa shape index (κ3) is 5.70. The van der Waals surface area contributed by atoms with E-state index in [9.17, 15) is 26.4 Å². The second kappa shape index (κ2) is 10.2. The molecule has 1 amide bonds. The van der Waals surface area contributed by atoms with Crippen LogP contribution in [0.4, 0.5) is 30.2 Å². The molecular weight excluding hydrogens is 537 g/mol. The van der Waals surface area contributed by atoms with Gasteiger partial charge >= 0.3 is 15.5 Å². The Balaban J connectivity index is 1.24. The Kier molecular flexibility index (Phi) is 6.93. The standard InChI is InChI=1S/C26H21F3N4O3S2/c27-26(28,29)38(35,36)32-21-9-7-20(8-10-21)30-25-31-24(34)23(37-25)15-17-5-11-22(12-6-17)33-14-13-18-3-1-2-4-19(18)16-33/h1-12,15,32H,13-14,16H2,(H,30,31,34)/b23-15-. The molecule has 0 unspecified atom stereocenters. The Hall–Kier alpha value is -3.77. The molecule has 38 heavy (non-hydrogen) atoms. The molecule has 0 aliphatic carbocycles. The fraction of sp³-hybridized carbons (Fsp3) is 0.154. The fourth-order valence-corrected chi connectivity index (χ4v) is 5.47. The number of nitrogens with one attached hydrogen (secondary N) is 2. The fourth-order valence-electron chi connectivity index (χ4n) is 4.06. The van der Waals surface area contributed by atoms with Crippen LogP contribution >= 0.6 is 11.8 Å². The molecule has 2 heterocycles. The van der Waals surface area contributed by atoms with Crippen LogP contribution in [0.15, 0.2) is 82.7 Å². The predicted molar refractivity (Wildman–Crippen MR) is 143 cm³/mol. The monoisotopic (exact) mass is 558 g/mol. The molecule has 5 rings (SSSR count). The maximum atomic E-state index is 12.5. The molecule has 1 saturated heterocycles. The molecule has 0 radical (unpaired) electrons. The number of fused-ring (bicyclic) bond motifs is 1. The van der Waals surface area contributed by atoms with E-state index in [2.05, 4.69) is 39.5 Å². The van der Waals surface area contributed by atoms with Crippen LogP contribution < -0.4 is 14.9 Å². The van der Waals surface area contributed by atoms with Gasteiger partial charge in [-0.2, -0.15) is 21.6 Å². The summed E-state index contributed by atoms with van der Waals surface area (Å²) in [7, 11) is -5.51. The number of amides is 1. The average Bonchev–Trinajstić information content (AvgIpc) is 3.22. The molecule has 0 atom stereocenters. The van der Waals surface area contributed by atoms with Crippen molar-refractivity contribution in [3.8, 4) is 0 Å². The Morgan fingerprint density at radius 2 is 1.66 bits per heavy atom. The highest BCUT2D eigenvalue weighted by molar-refractivity contribution is 8.18. The number of benzene rings is 3. The number of alkyl halides is 3. The molecule has 2 aliphatic rings. The summed E-state index contributed by atoms with van der Waals surface area (Å²) in [6.45, 7) is 1.79. The van der Waals surface area contributed by atoms with Crippen molar-refractivity contribution in [2.24, 2.45) is 4.99 Å². The van der Waals surface area contributed by atoms with E-state index in [1.165, 1.54) is 28.0 Å². The number of carbonyl (C=O) groups is 1. The van der Waals surface area contributed by atoms with Crippen molar-refractivity contribution in [1.82, 2.24) is 5.32 Å². The van der Waals surface area contributed by atoms with Crippen molar-refractivity contribution in [3.63, 3.8) is 0 Å². The van der Waals surface area contributed by atoms with E-state index in [1.807, 2.05) is 24.3 Å². The molecule has 196 valence electrons. The Bertz CT molecular complexity index is 1540. The van der Waals surface area contributed by atoms with Gasteiger partial charge < -0.3 is 10.2 Å². The summed E-state index contributed by atoms with van der Waals surface area (Å²) in [6.07, 6.45) is 2.75. The summed E-state index contributed by atoms with van der Waals surface area (Å²) in [5, 5.41) is 2.95. The van der Waals surface area contributed by atoms with Crippen molar-refractivity contribution in [2.45, 2.75) is 18.5 Å². The van der Waals surface area contributed by atoms with E-state index in [0.717, 1.165) is 54.7 Å². The molecule has 0 saturated carbocycles. The van der Waals surface area contributed by atoms with Crippen molar-refractivity contribution >= 4 is 56.0 Å². The number of amidine groups is 1. The van der Waals surface area contributed by atoms with Crippen LogP contribution in [0.3, 0.4) is 0 Å². The summed E-state index contributed by atoms with van der Waals surface area (Å²) >= 11 is 1.13. The summed E-state index contributed by atoms with van der Waals surface area (Å²) in [4.78, 5) is 19.5. The highest BCUT2D eigenvalue weighted by atomic mass is 32.2. The Morgan fingerprint density at radius 3 is 2.34 bits per heavy atom. The molecule has 2 aliphatic heterocycles. The molecule has 7 nitrogen and oxygen atoms in total. The molecule has 1 fully saturated rings. The molecule has 0 spiro atoms. The first-order valence-electron chi connectivity index (χ1n) is 11.5. The first-order chi connectivity index (χ1) is 18.1. The van der Waals surface area contributed by atoms with Crippen LogP contribution in [0.2, 0.25) is 0 Å². The van der Waals surface area contributed by atoms with E-state index in [0.29, 0.717) is 15.8 Å². The van der Waals surface area contributed by atoms with Crippen LogP contribution in [-0.2, 0) is 27.8 Å². The molecule has 3 aromatic rings. The van der Waals surface area contributed by atoms with Gasteiger partial charge in [0.2, 0.25) is 0 Å². The maximum Gasteiger partial charge on any atom is 0.516 e. The highest BCUT2D eigenvalue weighted by Gasteiger charge is 2.46. The number of rotatable bonds is 5. The number of halogens is 3. The van der Waals surface area contributed by atoms with Crippen molar-refractivity contribution < 1.29 is 26.4 Å². The summed E-state index contributed by atoms with van der Waals surface area (Å²) in [5.41, 5.74) is -0.676. The lowest BCUT2D eigenvalue weighted by atomic mass is 9.99. The van der Waals surface area contributed by atoms with Crippen molar-refractivity contribution in [1.29, 1.82) is 0 Å². The van der Waals surface area contributed by atoms with Crippen LogP contribution in [0.25, 0.3) is 6.08 Å². The lowest BCUT2D eigenvalue weighted by Gasteiger charge is -2.30. The summed E-state index contributed by atoms with van der Waals surface area (Å²) in [6, 6.07) is 21.4. The van der Waals surface area contributed by atoms with Gasteiger partial charge in [-0.1, -0.05) is 36.4 Å². The topological polar surface area (TPSA) is 90.9 Å². The van der Waals surface area contributed by atoms with E-state index >= 15 is 0 Å². The Morgan fingerprint density at radius 1 is 0.974 bits per heavy atom. The normalized spacial score (nSPS) is 18.0. The van der Waals surface area contributed by atoms with Gasteiger partial charge in [-0.3, -0.25) is 9.52 Å². The van der Waals surface area contributed by atoms with Crippen LogP contribution in [0.5, 0.6) is 0 Å². The third-order valence-electron chi connectivity index (χ3n) is 5.99. The minimum atomic E-state index is -5.51. The summed E-state index contributed by atoms with van der Waals surface area (Å²) in [5.74, 6) is -0.319. The van der Waals surface area contributed by atoms with Crippen molar-refractivity contribution in [3.05, 3.63) is 94.4 Å². The van der Waals surface area contributed by atoms with Gasteiger partial charge in [0.05, 0.1) is 10.6 Å². The maximum absolute atomic E-state index is 12.5. The first kappa shape index (κ1) is 25.9. The molecule has 12 heteroatoms. The number of aliphatic imine (C=N–C) groups is 1. The van der Waals surface area contributed by atoms with Gasteiger partial charge in [0, 0.05) is 24.5 Å². The van der Waals surface area contributed by atoms with Gasteiger partial charge in [-0.25, -0.2) is 4.99 Å². The number of anilines is 2. The predicted octanol–water partition coefficient (Wildman–Crippen LogP) is 5.40. The Labute approximate surface area is 221 Å². The minimum Gasteiger partial charge on any atom is -0.367 e. The van der Waals surface area contributed by atoms with E-state index in [4.69, 9.17) is 0 Å². The van der Waals surface area contributed by atoms with Gasteiger partial charge in [-0.05, 0) is 77.3 Å². The number of nitrogens with zero attached hydrogens (tertiary/aromatic N) is 2. The highest BCUT2D eigenvalue weighted by Crippen LogP contribution is 2.31. The first-order valence-corrected chi connectivity index (χ1v) is 13.8. The quantitative estimate of drug-likeness (QED) is 0.409. The lowest BCUT2D eigenvalue weighted by molar-refractivity contribution is -0.115. The van der Waals surface area contributed by atoms with Gasteiger partial charge in [0.25, 0.3) is 5.91 Å². The van der Waals surface area contributed by atoms with Gasteiger partial charge in [-0.15, -0.1) is 0 Å². The van der Waals surface area contributed by atoms with E-state index in [1.54, 1.807) is 6.08 Å². The summed E-state index contributed by atoms with van der Waals surface area (Å²) < 4.78 is 61.5. The number of thioether (sulfide) groups is 1. The largest absolute Gasteiger partial charge is 0.516 e. The van der Waals surface area contributed by atoms with E-state index < -0.39 is 15.5 Å². The minimum absolute atomic E-state index is 0.257. The zero-order chi connectivity index (χ0) is 26.9. The van der Waals surface area contributed by atoms with Gasteiger partial charge in [0.15, 0.2) is 5.17 Å². The number of sulfonamides is 1. The van der Waals surface area contributed by atoms with Gasteiger partial charge in [0.1, 0.15) is 0 Å². The molecule has 2 N–H and O–H groups in total. The van der Waals surface area contributed by atoms with Crippen LogP contribution in [0, 0.1) is 0 Å². The molecule has 0 aromatic heterocycles. The van der Waals surface area contributed by atoms with Crippen LogP contribution in [-0.4, -0.2) is 31.5 Å². The number of carbonyl (C=O) groups excluding carboxylic acids is 1. The third-order valence-corrected chi connectivity index (χ3v) is 8.02. The number of hydrogen-bond acceptors (Lipinski definition) is 6. The van der Waals surface area contributed by atoms with Crippen LogP contribution in [0.1, 0.15) is 16.7 Å². The number of hydrogen-bond donors (Lipinski definition) is 2. The second-order valence-electron chi connectivity index (χ2n) is 8.61. The van der Waals surface area contributed by atoms with Crippen molar-refractivity contribution in [2.75, 3.05) is 16.2 Å². The molecule has 0 bridgehead atoms. The second-order valence-corrected chi connectivity index (χ2v) is 11.3. The average molecular weight is 559 g/mol. The van der Waals surface area contributed by atoms with E-state index in [-0.39, 0.29) is 11.6 Å². The lowest BCUT2D eigenvalue weighted by Crippen LogP contribution is -2.30. The zero-order valence-electron chi connectivity index (χ0n) is 19.7. The SMILES string of the molecule is O=C1NC(=Nc2ccc(NS(=O)(=O)C(F)(F)F)cc2)S/C1=C\c1ccc(N2CCc3ccccc3C2)cc1. The zero-order valence-corrected chi connectivity index (χ0v) is 21.3.